The molecule has 11 heavy (non-hydrogen) atoms. The maximum absolute atomic E-state index is 9.93. The molecule has 0 heterocycles. The number of amides is 1. The number of carboxylic acids is 1. The van der Waals surface area contributed by atoms with Crippen molar-refractivity contribution in [3.05, 3.63) is 11.8 Å². The summed E-state index contributed by atoms with van der Waals surface area (Å²) in [5.74, 6) is -1.19. The van der Waals surface area contributed by atoms with Crippen LogP contribution in [0, 0.1) is 0 Å². The number of aliphatic carboxylic acids is 1. The van der Waals surface area contributed by atoms with Crippen LogP contribution in [0.15, 0.2) is 22.0 Å². The molecule has 0 saturated carbocycles. The maximum Gasteiger partial charge on any atom is 0.449 e. The average molecular weight is 158 g/mol. The van der Waals surface area contributed by atoms with Crippen molar-refractivity contribution in [3.8, 4) is 0 Å². The van der Waals surface area contributed by atoms with E-state index < -0.39 is 12.1 Å². The zero-order valence-corrected chi connectivity index (χ0v) is 5.68. The Balaban J connectivity index is 4.17. The van der Waals surface area contributed by atoms with Gasteiger partial charge in [0.25, 0.3) is 0 Å². The number of allylic oxidation sites excluding steroid dienone is 1. The van der Waals surface area contributed by atoms with Crippen molar-refractivity contribution >= 4 is 12.1 Å². The topological polar surface area (TPSA) is 99.3 Å². The van der Waals surface area contributed by atoms with Crippen LogP contribution < -0.4 is 0 Å². The van der Waals surface area contributed by atoms with Gasteiger partial charge < -0.3 is 10.2 Å². The van der Waals surface area contributed by atoms with Gasteiger partial charge in [0.05, 0.1) is 5.70 Å². The summed E-state index contributed by atoms with van der Waals surface area (Å²) in [6.07, 6.45) is -0.699. The highest BCUT2D eigenvalue weighted by atomic mass is 16.4. The van der Waals surface area contributed by atoms with E-state index in [0.29, 0.717) is 0 Å². The minimum Gasteiger partial charge on any atom is -0.478 e. The Hall–Kier alpha value is -1.72. The largest absolute Gasteiger partial charge is 0.478 e. The third-order valence-electron chi connectivity index (χ3n) is 0.626. The van der Waals surface area contributed by atoms with Crippen molar-refractivity contribution in [2.24, 2.45) is 10.2 Å². The molecule has 0 unspecified atom stereocenters. The first-order chi connectivity index (χ1) is 5.02. The van der Waals surface area contributed by atoms with E-state index in [4.69, 9.17) is 10.2 Å². The number of nitrogens with zero attached hydrogens (tertiary/aromatic N) is 2. The molecule has 0 rings (SSSR count). The minimum absolute atomic E-state index is 0.0277. The second-order valence-electron chi connectivity index (χ2n) is 1.61. The van der Waals surface area contributed by atoms with Gasteiger partial charge in [-0.3, -0.25) is 0 Å². The van der Waals surface area contributed by atoms with Gasteiger partial charge >= 0.3 is 12.1 Å². The SMILES string of the molecule is C/C(=C\C(=O)O)N=NC(=O)O. The molecule has 2 N–H and O–H groups in total. The Morgan fingerprint density at radius 1 is 1.27 bits per heavy atom. The standard InChI is InChI=1S/C5H6N2O4/c1-3(2-4(8)9)6-7-5(10)11/h2H,1H3,(H,8,9)(H,10,11)/b3-2+,7-6?. The van der Waals surface area contributed by atoms with Gasteiger partial charge in [-0.05, 0) is 6.92 Å². The van der Waals surface area contributed by atoms with Crippen molar-refractivity contribution in [3.63, 3.8) is 0 Å². The summed E-state index contributed by atoms with van der Waals surface area (Å²) < 4.78 is 0. The van der Waals surface area contributed by atoms with Crippen molar-refractivity contribution in [2.45, 2.75) is 6.92 Å². The molecular weight excluding hydrogens is 152 g/mol. The number of azo groups is 1. The number of carboxylic acid groups (broad SMARTS) is 2. The van der Waals surface area contributed by atoms with Crippen LogP contribution in [0.5, 0.6) is 0 Å². The zero-order valence-electron chi connectivity index (χ0n) is 5.68. The first-order valence-corrected chi connectivity index (χ1v) is 2.58. The zero-order chi connectivity index (χ0) is 8.85. The lowest BCUT2D eigenvalue weighted by Gasteiger charge is -1.84. The molecule has 0 bridgehead atoms. The number of rotatable bonds is 2. The molecule has 0 radical (unpaired) electrons. The van der Waals surface area contributed by atoms with E-state index in [0.717, 1.165) is 6.08 Å². The second-order valence-corrected chi connectivity index (χ2v) is 1.61. The summed E-state index contributed by atoms with van der Waals surface area (Å²) in [6.45, 7) is 1.33. The molecule has 6 nitrogen and oxygen atoms in total. The summed E-state index contributed by atoms with van der Waals surface area (Å²) in [5.41, 5.74) is 0.0277. The van der Waals surface area contributed by atoms with E-state index in [1.807, 2.05) is 0 Å². The van der Waals surface area contributed by atoms with E-state index in [1.54, 1.807) is 0 Å². The molecule has 0 spiro atoms. The lowest BCUT2D eigenvalue weighted by Crippen LogP contribution is -1.88. The van der Waals surface area contributed by atoms with Crippen LogP contribution in [0.25, 0.3) is 0 Å². The average Bonchev–Trinajstić information content (AvgIpc) is 1.82. The first kappa shape index (κ1) is 9.28. The third kappa shape index (κ3) is 6.16. The molecule has 0 aliphatic heterocycles. The normalized spacial score (nSPS) is 11.9. The molecule has 0 aromatic carbocycles. The van der Waals surface area contributed by atoms with Crippen molar-refractivity contribution < 1.29 is 19.8 Å². The van der Waals surface area contributed by atoms with Crippen LogP contribution in [-0.4, -0.2) is 22.3 Å². The first-order valence-electron chi connectivity index (χ1n) is 2.58. The lowest BCUT2D eigenvalue weighted by molar-refractivity contribution is -0.131. The highest BCUT2D eigenvalue weighted by Crippen LogP contribution is 1.94. The molecule has 0 saturated heterocycles. The van der Waals surface area contributed by atoms with Gasteiger partial charge in [0.2, 0.25) is 0 Å². The molecule has 60 valence electrons. The lowest BCUT2D eigenvalue weighted by atomic mass is 10.4. The second kappa shape index (κ2) is 4.15. The van der Waals surface area contributed by atoms with Gasteiger partial charge in [0, 0.05) is 6.08 Å². The molecule has 6 heteroatoms. The number of hydrogen-bond donors (Lipinski definition) is 2. The fourth-order valence-electron chi connectivity index (χ4n) is 0.329. The van der Waals surface area contributed by atoms with Gasteiger partial charge in [0.15, 0.2) is 0 Å². The molecular formula is C5H6N2O4. The maximum atomic E-state index is 9.93. The van der Waals surface area contributed by atoms with Crippen LogP contribution in [-0.2, 0) is 4.79 Å². The van der Waals surface area contributed by atoms with Crippen LogP contribution >= 0.6 is 0 Å². The molecule has 0 fully saturated rings. The summed E-state index contributed by atoms with van der Waals surface area (Å²) in [4.78, 5) is 19.7. The van der Waals surface area contributed by atoms with E-state index in [1.165, 1.54) is 6.92 Å². The van der Waals surface area contributed by atoms with Gasteiger partial charge in [-0.15, -0.1) is 5.11 Å². The Labute approximate surface area is 61.9 Å². The number of carbonyl (C=O) groups is 2. The van der Waals surface area contributed by atoms with Gasteiger partial charge in [-0.25, -0.2) is 9.59 Å². The van der Waals surface area contributed by atoms with E-state index >= 15 is 0 Å². The van der Waals surface area contributed by atoms with Crippen LogP contribution in [0.3, 0.4) is 0 Å². The summed E-state index contributed by atoms with van der Waals surface area (Å²) >= 11 is 0. The summed E-state index contributed by atoms with van der Waals surface area (Å²) in [5, 5.41) is 21.8. The Kier molecular flexibility index (Phi) is 3.50. The van der Waals surface area contributed by atoms with Gasteiger partial charge in [-0.2, -0.15) is 0 Å². The highest BCUT2D eigenvalue weighted by molar-refractivity contribution is 5.80. The van der Waals surface area contributed by atoms with Crippen LogP contribution in [0.1, 0.15) is 6.92 Å². The molecule has 0 aromatic rings. The third-order valence-corrected chi connectivity index (χ3v) is 0.626. The fraction of sp³-hybridized carbons (Fsp3) is 0.200. The molecule has 0 aliphatic rings. The minimum atomic E-state index is -1.46. The van der Waals surface area contributed by atoms with Crippen molar-refractivity contribution in [2.75, 3.05) is 0 Å². The number of hydrogen-bond acceptors (Lipinski definition) is 3. The monoisotopic (exact) mass is 158 g/mol. The quantitative estimate of drug-likeness (QED) is 0.464. The highest BCUT2D eigenvalue weighted by Gasteiger charge is 1.92. The summed E-state index contributed by atoms with van der Waals surface area (Å²) in [6, 6.07) is 0. The molecule has 0 aromatic heterocycles. The van der Waals surface area contributed by atoms with Gasteiger partial charge in [-0.1, -0.05) is 5.11 Å². The van der Waals surface area contributed by atoms with Gasteiger partial charge in [0.1, 0.15) is 0 Å². The van der Waals surface area contributed by atoms with Crippen LogP contribution in [0.4, 0.5) is 4.79 Å². The predicted molar refractivity (Wildman–Crippen MR) is 34.3 cm³/mol. The Morgan fingerprint density at radius 3 is 2.18 bits per heavy atom. The smallest absolute Gasteiger partial charge is 0.449 e. The Bertz CT molecular complexity index is 231. The molecule has 1 amide bonds. The van der Waals surface area contributed by atoms with E-state index in [2.05, 4.69) is 10.2 Å². The molecule has 0 atom stereocenters. The van der Waals surface area contributed by atoms with Crippen molar-refractivity contribution in [1.82, 2.24) is 0 Å². The fourth-order valence-corrected chi connectivity index (χ4v) is 0.329. The molecule has 0 aliphatic carbocycles. The van der Waals surface area contributed by atoms with Crippen LogP contribution in [0.2, 0.25) is 0 Å². The van der Waals surface area contributed by atoms with E-state index in [9.17, 15) is 9.59 Å². The van der Waals surface area contributed by atoms with Crippen molar-refractivity contribution in [1.29, 1.82) is 0 Å². The summed E-state index contributed by atoms with van der Waals surface area (Å²) in [7, 11) is 0. The predicted octanol–water partition coefficient (Wildman–Crippen LogP) is 1.11. The Morgan fingerprint density at radius 2 is 1.82 bits per heavy atom. The van der Waals surface area contributed by atoms with E-state index in [-0.39, 0.29) is 5.70 Å².